The number of hydrogen-bond donors (Lipinski definition) is 2. The highest BCUT2D eigenvalue weighted by Gasteiger charge is 2.20. The summed E-state index contributed by atoms with van der Waals surface area (Å²) in [4.78, 5) is 12.6. The second-order valence-corrected chi connectivity index (χ2v) is 8.49. The molecule has 2 N–H and O–H groups in total. The molecular formula is C21H28N2O5S. The van der Waals surface area contributed by atoms with Crippen molar-refractivity contribution in [3.8, 4) is 5.75 Å². The number of carbonyl (C=O) groups is 1. The molecule has 0 spiro atoms. The fraction of sp³-hybridized carbons (Fsp3) is 0.381. The van der Waals surface area contributed by atoms with Gasteiger partial charge in [-0.15, -0.1) is 0 Å². The van der Waals surface area contributed by atoms with E-state index in [4.69, 9.17) is 9.47 Å². The van der Waals surface area contributed by atoms with Crippen molar-refractivity contribution in [3.05, 3.63) is 53.6 Å². The molecule has 0 unspecified atom stereocenters. The van der Waals surface area contributed by atoms with Crippen LogP contribution in [0.15, 0.2) is 47.4 Å². The fourth-order valence-electron chi connectivity index (χ4n) is 2.82. The van der Waals surface area contributed by atoms with Crippen molar-refractivity contribution in [3.63, 3.8) is 0 Å². The number of hydrogen-bond acceptors (Lipinski definition) is 5. The molecule has 8 heteroatoms. The molecule has 0 aliphatic carbocycles. The second-order valence-electron chi connectivity index (χ2n) is 6.81. The zero-order chi connectivity index (χ0) is 21.4. The molecule has 0 saturated heterocycles. The van der Waals surface area contributed by atoms with Crippen molar-refractivity contribution in [2.24, 2.45) is 0 Å². The van der Waals surface area contributed by atoms with E-state index in [0.29, 0.717) is 25.3 Å². The molecule has 2 rings (SSSR count). The maximum Gasteiger partial charge on any atom is 0.261 e. The molecular weight excluding hydrogens is 392 g/mol. The van der Waals surface area contributed by atoms with Crippen molar-refractivity contribution >= 4 is 21.6 Å². The number of sulfonamides is 1. The van der Waals surface area contributed by atoms with E-state index in [0.717, 1.165) is 5.56 Å². The van der Waals surface area contributed by atoms with Crippen molar-refractivity contribution in [1.82, 2.24) is 5.32 Å². The lowest BCUT2D eigenvalue weighted by Crippen LogP contribution is -2.26. The molecule has 7 nitrogen and oxygen atoms in total. The van der Waals surface area contributed by atoms with Crippen molar-refractivity contribution in [1.29, 1.82) is 0 Å². The van der Waals surface area contributed by atoms with E-state index in [1.807, 2.05) is 13.8 Å². The Morgan fingerprint density at radius 1 is 1.10 bits per heavy atom. The highest BCUT2D eigenvalue weighted by atomic mass is 32.2. The summed E-state index contributed by atoms with van der Waals surface area (Å²) in [7, 11) is -0.741. The molecule has 158 valence electrons. The van der Waals surface area contributed by atoms with E-state index < -0.39 is 10.0 Å². The van der Waals surface area contributed by atoms with Gasteiger partial charge >= 0.3 is 0 Å². The molecule has 0 fully saturated rings. The quantitative estimate of drug-likeness (QED) is 0.575. The third kappa shape index (κ3) is 5.95. The number of rotatable bonds is 10. The highest BCUT2D eigenvalue weighted by Crippen LogP contribution is 2.30. The summed E-state index contributed by atoms with van der Waals surface area (Å²) >= 11 is 0. The Hall–Kier alpha value is -2.58. The standard InChI is InChI=1S/C21H28N2O5S/c1-15(2)18-14-16(10-11-20(18)28-4)29(25,26)23-19-9-6-5-8-17(19)21(24)22-12-7-13-27-3/h5-6,8-11,14-15,23H,7,12-13H2,1-4H3,(H,22,24). The number of para-hydroxylation sites is 1. The molecule has 0 aromatic heterocycles. The number of amides is 1. The monoisotopic (exact) mass is 420 g/mol. The predicted molar refractivity (Wildman–Crippen MR) is 113 cm³/mol. The number of carbonyl (C=O) groups excluding carboxylic acids is 1. The third-order valence-electron chi connectivity index (χ3n) is 4.36. The van der Waals surface area contributed by atoms with Crippen LogP contribution in [0, 0.1) is 0 Å². The number of methoxy groups -OCH3 is 2. The average molecular weight is 421 g/mol. The summed E-state index contributed by atoms with van der Waals surface area (Å²) in [6, 6.07) is 11.2. The number of ether oxygens (including phenoxy) is 2. The Morgan fingerprint density at radius 3 is 2.48 bits per heavy atom. The Balaban J connectivity index is 2.27. The van der Waals surface area contributed by atoms with Crippen LogP contribution in [-0.4, -0.2) is 41.7 Å². The zero-order valence-electron chi connectivity index (χ0n) is 17.2. The van der Waals surface area contributed by atoms with Gasteiger partial charge in [-0.05, 0) is 48.2 Å². The summed E-state index contributed by atoms with van der Waals surface area (Å²) in [5.41, 5.74) is 1.27. The Morgan fingerprint density at radius 2 is 1.83 bits per heavy atom. The van der Waals surface area contributed by atoms with Gasteiger partial charge in [0.15, 0.2) is 0 Å². The second kappa shape index (κ2) is 10.3. The van der Waals surface area contributed by atoms with Gasteiger partial charge in [0.2, 0.25) is 0 Å². The maximum atomic E-state index is 12.9. The minimum Gasteiger partial charge on any atom is -0.496 e. The van der Waals surface area contributed by atoms with Crippen LogP contribution >= 0.6 is 0 Å². The number of anilines is 1. The van der Waals surface area contributed by atoms with Crippen LogP contribution < -0.4 is 14.8 Å². The Kier molecular flexibility index (Phi) is 8.04. The fourth-order valence-corrected chi connectivity index (χ4v) is 3.93. The van der Waals surface area contributed by atoms with Gasteiger partial charge in [0, 0.05) is 20.3 Å². The topological polar surface area (TPSA) is 93.7 Å². The minimum absolute atomic E-state index is 0.0882. The van der Waals surface area contributed by atoms with Crippen LogP contribution in [0.25, 0.3) is 0 Å². The van der Waals surface area contributed by atoms with Crippen LogP contribution in [0.5, 0.6) is 5.75 Å². The van der Waals surface area contributed by atoms with Gasteiger partial charge in [-0.3, -0.25) is 9.52 Å². The van der Waals surface area contributed by atoms with Gasteiger partial charge in [0.1, 0.15) is 5.75 Å². The lowest BCUT2D eigenvalue weighted by Gasteiger charge is -2.16. The van der Waals surface area contributed by atoms with E-state index in [2.05, 4.69) is 10.0 Å². The van der Waals surface area contributed by atoms with E-state index in [9.17, 15) is 13.2 Å². The van der Waals surface area contributed by atoms with E-state index >= 15 is 0 Å². The molecule has 29 heavy (non-hydrogen) atoms. The van der Waals surface area contributed by atoms with E-state index in [1.165, 1.54) is 6.07 Å². The summed E-state index contributed by atoms with van der Waals surface area (Å²) in [6.07, 6.45) is 0.667. The Bertz CT molecular complexity index is 942. The SMILES string of the molecule is COCCCNC(=O)c1ccccc1NS(=O)(=O)c1ccc(OC)c(C(C)C)c1. The number of nitrogens with one attached hydrogen (secondary N) is 2. The maximum absolute atomic E-state index is 12.9. The van der Waals surface area contributed by atoms with Crippen molar-refractivity contribution in [2.45, 2.75) is 31.1 Å². The Labute approximate surface area is 172 Å². The summed E-state index contributed by atoms with van der Waals surface area (Å²) < 4.78 is 38.7. The molecule has 0 radical (unpaired) electrons. The predicted octanol–water partition coefficient (Wildman–Crippen LogP) is 3.39. The van der Waals surface area contributed by atoms with Gasteiger partial charge in [0.05, 0.1) is 23.3 Å². The van der Waals surface area contributed by atoms with Crippen LogP contribution in [0.3, 0.4) is 0 Å². The average Bonchev–Trinajstić information content (AvgIpc) is 2.70. The molecule has 0 aliphatic heterocycles. The summed E-state index contributed by atoms with van der Waals surface area (Å²) in [5, 5.41) is 2.77. The summed E-state index contributed by atoms with van der Waals surface area (Å²) in [6.45, 7) is 4.89. The van der Waals surface area contributed by atoms with Crippen LogP contribution in [0.2, 0.25) is 0 Å². The van der Waals surface area contributed by atoms with Gasteiger partial charge < -0.3 is 14.8 Å². The van der Waals surface area contributed by atoms with Gasteiger partial charge in [-0.1, -0.05) is 26.0 Å². The van der Waals surface area contributed by atoms with E-state index in [1.54, 1.807) is 50.6 Å². The van der Waals surface area contributed by atoms with E-state index in [-0.39, 0.29) is 28.0 Å². The first-order valence-corrected chi connectivity index (χ1v) is 10.9. The molecule has 1 amide bonds. The van der Waals surface area contributed by atoms with Crippen molar-refractivity contribution in [2.75, 3.05) is 32.1 Å². The van der Waals surface area contributed by atoms with Gasteiger partial charge in [-0.25, -0.2) is 8.42 Å². The number of benzene rings is 2. The largest absolute Gasteiger partial charge is 0.496 e. The van der Waals surface area contributed by atoms with Gasteiger partial charge in [0.25, 0.3) is 15.9 Å². The first kappa shape index (κ1) is 22.7. The minimum atomic E-state index is -3.89. The molecule has 0 aliphatic rings. The first-order chi connectivity index (χ1) is 13.8. The first-order valence-electron chi connectivity index (χ1n) is 9.37. The lowest BCUT2D eigenvalue weighted by atomic mass is 10.0. The summed E-state index contributed by atoms with van der Waals surface area (Å²) in [5.74, 6) is 0.372. The zero-order valence-corrected chi connectivity index (χ0v) is 18.0. The molecule has 2 aromatic carbocycles. The van der Waals surface area contributed by atoms with Crippen molar-refractivity contribution < 1.29 is 22.7 Å². The van der Waals surface area contributed by atoms with Crippen LogP contribution in [-0.2, 0) is 14.8 Å². The molecule has 0 heterocycles. The van der Waals surface area contributed by atoms with Crippen LogP contribution in [0.4, 0.5) is 5.69 Å². The lowest BCUT2D eigenvalue weighted by molar-refractivity contribution is 0.0949. The molecule has 0 bridgehead atoms. The smallest absolute Gasteiger partial charge is 0.261 e. The highest BCUT2D eigenvalue weighted by molar-refractivity contribution is 7.92. The van der Waals surface area contributed by atoms with Crippen LogP contribution in [0.1, 0.15) is 42.1 Å². The normalized spacial score (nSPS) is 11.3. The molecule has 2 aromatic rings. The third-order valence-corrected chi connectivity index (χ3v) is 5.72. The molecule has 0 saturated carbocycles. The van der Waals surface area contributed by atoms with Gasteiger partial charge in [-0.2, -0.15) is 0 Å². The molecule has 0 atom stereocenters.